The third-order valence-corrected chi connectivity index (χ3v) is 9.21. The number of carboxylic acids is 1. The number of aliphatic carboxylic acids is 1. The van der Waals surface area contributed by atoms with E-state index < -0.39 is 18.1 Å². The molecule has 4 atom stereocenters. The summed E-state index contributed by atoms with van der Waals surface area (Å²) < 4.78 is 5.74. The van der Waals surface area contributed by atoms with E-state index in [-0.39, 0.29) is 28.7 Å². The van der Waals surface area contributed by atoms with E-state index in [4.69, 9.17) is 4.74 Å². The molecule has 0 spiro atoms. The Balaban J connectivity index is 1.77. The number of nitrogens with zero attached hydrogens (tertiary/aromatic N) is 1. The first kappa shape index (κ1) is 31.1. The normalized spacial score (nSPS) is 23.9. The standard InChI is InChI=1S/C35H50N2O4/c1-34(2,3)26-18-19-27(41-7)25(21-26)22-36-30-29(35(4,5)6)32(33(39)40)37(31(30)24-16-12-9-13-17-24)28(38)20-23-14-10-8-11-15-23/h9,12-13,16-19,21,23,29-32,36H,8,10-11,14-15,20,22H2,1-7H3,(H,39,40)/t29-,30-,31-,32-/m0/s1. The Kier molecular flexibility index (Phi) is 9.52. The van der Waals surface area contributed by atoms with Crippen molar-refractivity contribution < 1.29 is 19.4 Å². The lowest BCUT2D eigenvalue weighted by molar-refractivity contribution is -0.152. The fraction of sp³-hybridized carbons (Fsp3) is 0.600. The van der Waals surface area contributed by atoms with E-state index in [1.807, 2.05) is 36.4 Å². The van der Waals surface area contributed by atoms with E-state index in [1.165, 1.54) is 12.0 Å². The van der Waals surface area contributed by atoms with Crippen molar-refractivity contribution in [2.75, 3.05) is 7.11 Å². The zero-order valence-corrected chi connectivity index (χ0v) is 26.1. The van der Waals surface area contributed by atoms with Crippen LogP contribution in [0.25, 0.3) is 0 Å². The summed E-state index contributed by atoms with van der Waals surface area (Å²) in [5, 5.41) is 14.5. The van der Waals surface area contributed by atoms with Gasteiger partial charge in [-0.1, -0.05) is 103 Å². The number of nitrogens with one attached hydrogen (secondary N) is 1. The van der Waals surface area contributed by atoms with Crippen molar-refractivity contribution in [1.82, 2.24) is 10.2 Å². The second-order valence-corrected chi connectivity index (χ2v) is 14.2. The number of carbonyl (C=O) groups excluding carboxylic acids is 1. The molecule has 0 radical (unpaired) electrons. The van der Waals surface area contributed by atoms with Crippen LogP contribution in [-0.2, 0) is 21.5 Å². The number of amides is 1. The summed E-state index contributed by atoms with van der Waals surface area (Å²) >= 11 is 0. The maximum Gasteiger partial charge on any atom is 0.326 e. The average molecular weight is 563 g/mol. The van der Waals surface area contributed by atoms with E-state index in [0.717, 1.165) is 42.6 Å². The molecule has 2 aromatic carbocycles. The zero-order chi connectivity index (χ0) is 29.9. The van der Waals surface area contributed by atoms with Gasteiger partial charge in [0.1, 0.15) is 11.8 Å². The highest BCUT2D eigenvalue weighted by Gasteiger charge is 2.57. The van der Waals surface area contributed by atoms with E-state index in [0.29, 0.717) is 18.9 Å². The van der Waals surface area contributed by atoms with E-state index >= 15 is 0 Å². The van der Waals surface area contributed by atoms with E-state index in [1.54, 1.807) is 12.0 Å². The largest absolute Gasteiger partial charge is 0.496 e. The summed E-state index contributed by atoms with van der Waals surface area (Å²) in [7, 11) is 1.68. The van der Waals surface area contributed by atoms with Crippen LogP contribution in [0.1, 0.15) is 103 Å². The number of hydrogen-bond donors (Lipinski definition) is 2. The maximum absolute atomic E-state index is 14.2. The SMILES string of the molecule is COc1ccc(C(C)(C)C)cc1CN[C@H]1[C@H](C(C)(C)C)[C@@H](C(=O)O)N(C(=O)CC2CCCCC2)[C@H]1c1ccccc1. The molecule has 6 nitrogen and oxygen atoms in total. The Bertz CT molecular complexity index is 1190. The minimum Gasteiger partial charge on any atom is -0.496 e. The fourth-order valence-corrected chi connectivity index (χ4v) is 7.12. The number of carbonyl (C=O) groups is 2. The number of methoxy groups -OCH3 is 1. The molecule has 1 aliphatic carbocycles. The Morgan fingerprint density at radius 1 is 0.976 bits per heavy atom. The number of hydrogen-bond acceptors (Lipinski definition) is 4. The molecular formula is C35H50N2O4. The van der Waals surface area contributed by atoms with Gasteiger partial charge in [-0.15, -0.1) is 0 Å². The zero-order valence-electron chi connectivity index (χ0n) is 26.1. The van der Waals surface area contributed by atoms with Gasteiger partial charge >= 0.3 is 5.97 Å². The molecule has 2 fully saturated rings. The molecule has 1 heterocycles. The van der Waals surface area contributed by atoms with Crippen LogP contribution < -0.4 is 10.1 Å². The minimum atomic E-state index is -0.931. The van der Waals surface area contributed by atoms with Gasteiger partial charge in [-0.25, -0.2) is 4.79 Å². The molecule has 6 heteroatoms. The number of benzene rings is 2. The summed E-state index contributed by atoms with van der Waals surface area (Å²) in [5.41, 5.74) is 2.81. The lowest BCUT2D eigenvalue weighted by Gasteiger charge is -2.35. The number of carboxylic acid groups (broad SMARTS) is 1. The van der Waals surface area contributed by atoms with Gasteiger partial charge in [-0.05, 0) is 46.8 Å². The van der Waals surface area contributed by atoms with Crippen molar-refractivity contribution >= 4 is 11.9 Å². The Morgan fingerprint density at radius 3 is 2.20 bits per heavy atom. The van der Waals surface area contributed by atoms with Gasteiger partial charge in [0.25, 0.3) is 0 Å². The fourth-order valence-electron chi connectivity index (χ4n) is 7.12. The Morgan fingerprint density at radius 2 is 1.63 bits per heavy atom. The van der Waals surface area contributed by atoms with Crippen molar-refractivity contribution in [1.29, 1.82) is 0 Å². The summed E-state index contributed by atoms with van der Waals surface area (Å²) in [4.78, 5) is 29.0. The number of rotatable bonds is 8. The van der Waals surface area contributed by atoms with Crippen LogP contribution in [0.3, 0.4) is 0 Å². The number of ether oxygens (including phenoxy) is 1. The van der Waals surface area contributed by atoms with Crippen LogP contribution in [0.15, 0.2) is 48.5 Å². The molecule has 2 aromatic rings. The predicted octanol–water partition coefficient (Wildman–Crippen LogP) is 7.12. The molecule has 2 aliphatic rings. The number of likely N-dealkylation sites (tertiary alicyclic amines) is 1. The van der Waals surface area contributed by atoms with Gasteiger partial charge < -0.3 is 20.1 Å². The second kappa shape index (κ2) is 12.6. The van der Waals surface area contributed by atoms with Crippen LogP contribution in [-0.4, -0.2) is 41.1 Å². The maximum atomic E-state index is 14.2. The predicted molar refractivity (Wildman–Crippen MR) is 164 cm³/mol. The van der Waals surface area contributed by atoms with Gasteiger partial charge in [0.2, 0.25) is 5.91 Å². The van der Waals surface area contributed by atoms with Gasteiger partial charge in [-0.2, -0.15) is 0 Å². The third kappa shape index (κ3) is 6.97. The van der Waals surface area contributed by atoms with Crippen LogP contribution in [0.5, 0.6) is 5.75 Å². The first-order valence-electron chi connectivity index (χ1n) is 15.3. The van der Waals surface area contributed by atoms with Crippen molar-refractivity contribution in [3.05, 3.63) is 65.2 Å². The summed E-state index contributed by atoms with van der Waals surface area (Å²) in [6, 6.07) is 14.7. The molecule has 224 valence electrons. The van der Waals surface area contributed by atoms with Crippen LogP contribution in [0.4, 0.5) is 0 Å². The van der Waals surface area contributed by atoms with Crippen LogP contribution in [0.2, 0.25) is 0 Å². The van der Waals surface area contributed by atoms with Crippen molar-refractivity contribution in [2.45, 2.75) is 110 Å². The van der Waals surface area contributed by atoms with Crippen molar-refractivity contribution in [3.63, 3.8) is 0 Å². The Labute approximate surface area is 246 Å². The molecule has 0 unspecified atom stereocenters. The minimum absolute atomic E-state index is 0.0222. The molecule has 1 saturated heterocycles. The average Bonchev–Trinajstić information content (AvgIpc) is 3.28. The highest BCUT2D eigenvalue weighted by Crippen LogP contribution is 2.49. The van der Waals surface area contributed by atoms with Gasteiger partial charge in [-0.3, -0.25) is 4.79 Å². The van der Waals surface area contributed by atoms with Crippen molar-refractivity contribution in [3.8, 4) is 5.75 Å². The van der Waals surface area contributed by atoms with Crippen LogP contribution in [0, 0.1) is 17.3 Å². The molecule has 0 aromatic heterocycles. The van der Waals surface area contributed by atoms with E-state index in [9.17, 15) is 14.7 Å². The molecule has 0 bridgehead atoms. The second-order valence-electron chi connectivity index (χ2n) is 14.2. The lowest BCUT2D eigenvalue weighted by Crippen LogP contribution is -2.48. The molecule has 1 saturated carbocycles. The first-order chi connectivity index (χ1) is 19.3. The van der Waals surface area contributed by atoms with Crippen LogP contribution >= 0.6 is 0 Å². The Hall–Kier alpha value is -2.86. The third-order valence-electron chi connectivity index (χ3n) is 9.21. The summed E-state index contributed by atoms with van der Waals surface area (Å²) in [6.07, 6.45) is 6.01. The monoisotopic (exact) mass is 562 g/mol. The molecule has 2 N–H and O–H groups in total. The lowest BCUT2D eigenvalue weighted by atomic mass is 9.72. The topological polar surface area (TPSA) is 78.9 Å². The smallest absolute Gasteiger partial charge is 0.326 e. The van der Waals surface area contributed by atoms with Gasteiger partial charge in [0, 0.05) is 30.5 Å². The quantitative estimate of drug-likeness (QED) is 0.358. The van der Waals surface area contributed by atoms with E-state index in [2.05, 4.69) is 59.0 Å². The first-order valence-corrected chi connectivity index (χ1v) is 15.3. The highest BCUT2D eigenvalue weighted by molar-refractivity contribution is 5.86. The molecule has 4 rings (SSSR count). The molecule has 41 heavy (non-hydrogen) atoms. The molecule has 1 amide bonds. The summed E-state index contributed by atoms with van der Waals surface area (Å²) in [6.45, 7) is 13.4. The highest BCUT2D eigenvalue weighted by atomic mass is 16.5. The van der Waals surface area contributed by atoms with Gasteiger partial charge in [0.15, 0.2) is 0 Å². The molecule has 1 aliphatic heterocycles. The van der Waals surface area contributed by atoms with Crippen molar-refractivity contribution in [2.24, 2.45) is 17.3 Å². The summed E-state index contributed by atoms with van der Waals surface area (Å²) in [5.74, 6) is -0.153. The van der Waals surface area contributed by atoms with Gasteiger partial charge in [0.05, 0.1) is 13.2 Å². The molecular weight excluding hydrogens is 512 g/mol.